The van der Waals surface area contributed by atoms with Crippen molar-refractivity contribution in [2.24, 2.45) is 0 Å². The van der Waals surface area contributed by atoms with Gasteiger partial charge in [-0.1, -0.05) is 18.2 Å². The third-order valence-electron chi connectivity index (χ3n) is 2.24. The van der Waals surface area contributed by atoms with E-state index in [-0.39, 0.29) is 11.5 Å². The van der Waals surface area contributed by atoms with Gasteiger partial charge in [-0.25, -0.2) is 9.97 Å². The first-order valence-electron chi connectivity index (χ1n) is 5.08. The Kier molecular flexibility index (Phi) is 3.36. The number of aryl methyl sites for hydroxylation is 1. The lowest BCUT2D eigenvalue weighted by Gasteiger charge is -2.06. The zero-order chi connectivity index (χ0) is 12.3. The van der Waals surface area contributed by atoms with Crippen LogP contribution in [0.2, 0.25) is 0 Å². The molecule has 86 valence electrons. The summed E-state index contributed by atoms with van der Waals surface area (Å²) in [6.45, 7) is 1.92. The van der Waals surface area contributed by atoms with Crippen LogP contribution < -0.4 is 10.2 Å². The molecule has 0 saturated carbocycles. The van der Waals surface area contributed by atoms with Crippen molar-refractivity contribution in [1.29, 1.82) is 0 Å². The molecule has 1 aromatic carbocycles. The zero-order valence-corrected chi connectivity index (χ0v) is 9.24. The monoisotopic (exact) mass is 230 g/mol. The molecule has 0 unspecified atom stereocenters. The van der Waals surface area contributed by atoms with E-state index in [4.69, 9.17) is 14.8 Å². The van der Waals surface area contributed by atoms with Crippen molar-refractivity contribution >= 4 is 12.6 Å². The molecule has 1 heterocycles. The van der Waals surface area contributed by atoms with E-state index in [9.17, 15) is 0 Å². The molecule has 17 heavy (non-hydrogen) atoms. The standard InChI is InChI=1S/C11H11BN2O3/c1-8-4-2-3-5-10(8)17-11-13-6-9(7-14-11)12(15)16/h2-7,15-16H,1H3. The Morgan fingerprint density at radius 1 is 1.12 bits per heavy atom. The van der Waals surface area contributed by atoms with Crippen LogP contribution in [0.5, 0.6) is 11.8 Å². The van der Waals surface area contributed by atoms with Gasteiger partial charge in [0.2, 0.25) is 0 Å². The first kappa shape index (κ1) is 11.6. The molecule has 0 saturated heterocycles. The lowest BCUT2D eigenvalue weighted by atomic mass is 9.83. The van der Waals surface area contributed by atoms with Crippen molar-refractivity contribution < 1.29 is 14.8 Å². The molecule has 6 heteroatoms. The number of benzene rings is 1. The van der Waals surface area contributed by atoms with Gasteiger partial charge in [0, 0.05) is 17.9 Å². The Bertz CT molecular complexity index is 502. The molecule has 0 amide bonds. The predicted octanol–water partition coefficient (Wildman–Crippen LogP) is 0.257. The number of rotatable bonds is 3. The molecule has 0 fully saturated rings. The second-order valence-corrected chi connectivity index (χ2v) is 3.54. The Morgan fingerprint density at radius 2 is 1.76 bits per heavy atom. The van der Waals surface area contributed by atoms with Gasteiger partial charge in [-0.15, -0.1) is 0 Å². The van der Waals surface area contributed by atoms with E-state index in [1.54, 1.807) is 0 Å². The predicted molar refractivity (Wildman–Crippen MR) is 63.1 cm³/mol. The van der Waals surface area contributed by atoms with Crippen LogP contribution in [-0.4, -0.2) is 27.1 Å². The van der Waals surface area contributed by atoms with Crippen LogP contribution in [0.1, 0.15) is 5.56 Å². The first-order valence-corrected chi connectivity index (χ1v) is 5.08. The highest BCUT2D eigenvalue weighted by Gasteiger charge is 2.12. The number of hydrogen-bond acceptors (Lipinski definition) is 5. The topological polar surface area (TPSA) is 75.5 Å². The van der Waals surface area contributed by atoms with Gasteiger partial charge in [0.25, 0.3) is 0 Å². The fourth-order valence-corrected chi connectivity index (χ4v) is 1.28. The summed E-state index contributed by atoms with van der Waals surface area (Å²) in [6.07, 6.45) is 2.62. The van der Waals surface area contributed by atoms with E-state index < -0.39 is 7.12 Å². The molecule has 0 spiro atoms. The third kappa shape index (κ3) is 2.80. The Balaban J connectivity index is 2.17. The number of hydrogen-bond donors (Lipinski definition) is 2. The van der Waals surface area contributed by atoms with E-state index >= 15 is 0 Å². The smallest absolute Gasteiger partial charge is 0.424 e. The average Bonchev–Trinajstić information content (AvgIpc) is 2.33. The summed E-state index contributed by atoms with van der Waals surface area (Å²) < 4.78 is 5.46. The zero-order valence-electron chi connectivity index (χ0n) is 9.24. The fraction of sp³-hybridized carbons (Fsp3) is 0.0909. The SMILES string of the molecule is Cc1ccccc1Oc1ncc(B(O)O)cn1. The number of aromatic nitrogens is 2. The van der Waals surface area contributed by atoms with Crippen LogP contribution in [0.25, 0.3) is 0 Å². The van der Waals surface area contributed by atoms with Crippen molar-refractivity contribution in [3.8, 4) is 11.8 Å². The van der Waals surface area contributed by atoms with E-state index in [2.05, 4.69) is 9.97 Å². The molecule has 0 radical (unpaired) electrons. The van der Waals surface area contributed by atoms with Crippen molar-refractivity contribution in [1.82, 2.24) is 9.97 Å². The minimum absolute atomic E-state index is 0.170. The normalized spacial score (nSPS) is 10.1. The maximum atomic E-state index is 8.88. The molecule has 0 bridgehead atoms. The van der Waals surface area contributed by atoms with Crippen LogP contribution in [0.4, 0.5) is 0 Å². The molecule has 0 atom stereocenters. The molecule has 2 N–H and O–H groups in total. The van der Waals surface area contributed by atoms with Crippen LogP contribution in [-0.2, 0) is 0 Å². The van der Waals surface area contributed by atoms with E-state index in [0.29, 0.717) is 5.75 Å². The summed E-state index contributed by atoms with van der Waals surface area (Å²) in [5.41, 5.74) is 1.20. The third-order valence-corrected chi connectivity index (χ3v) is 2.24. The largest absolute Gasteiger partial charge is 0.491 e. The molecular weight excluding hydrogens is 219 g/mol. The van der Waals surface area contributed by atoms with Gasteiger partial charge < -0.3 is 14.8 Å². The van der Waals surface area contributed by atoms with Gasteiger partial charge in [-0.05, 0) is 18.6 Å². The molecule has 5 nitrogen and oxygen atoms in total. The van der Waals surface area contributed by atoms with Crippen LogP contribution in [0.15, 0.2) is 36.7 Å². The van der Waals surface area contributed by atoms with Gasteiger partial charge in [-0.3, -0.25) is 0 Å². The quantitative estimate of drug-likeness (QED) is 0.739. The van der Waals surface area contributed by atoms with Crippen molar-refractivity contribution in [3.63, 3.8) is 0 Å². The van der Waals surface area contributed by atoms with Gasteiger partial charge in [0.1, 0.15) is 5.75 Å². The minimum atomic E-state index is -1.57. The van der Waals surface area contributed by atoms with Gasteiger partial charge >= 0.3 is 13.1 Å². The second-order valence-electron chi connectivity index (χ2n) is 3.54. The molecule has 2 aromatic rings. The Labute approximate surface area is 98.9 Å². The number of nitrogens with zero attached hydrogens (tertiary/aromatic N) is 2. The summed E-state index contributed by atoms with van der Waals surface area (Å²) in [4.78, 5) is 7.77. The highest BCUT2D eigenvalue weighted by atomic mass is 16.5. The summed E-state index contributed by atoms with van der Waals surface area (Å²) >= 11 is 0. The van der Waals surface area contributed by atoms with Crippen LogP contribution in [0, 0.1) is 6.92 Å². The maximum absolute atomic E-state index is 8.88. The highest BCUT2D eigenvalue weighted by Crippen LogP contribution is 2.20. The highest BCUT2D eigenvalue weighted by molar-refractivity contribution is 6.58. The van der Waals surface area contributed by atoms with Crippen LogP contribution in [0.3, 0.4) is 0 Å². The molecule has 1 aromatic heterocycles. The first-order chi connectivity index (χ1) is 8.16. The van der Waals surface area contributed by atoms with E-state index in [0.717, 1.165) is 5.56 Å². The number of ether oxygens (including phenoxy) is 1. The molecule has 0 aliphatic heterocycles. The van der Waals surface area contributed by atoms with Crippen LogP contribution >= 0.6 is 0 Å². The van der Waals surface area contributed by atoms with Crippen molar-refractivity contribution in [3.05, 3.63) is 42.2 Å². The van der Waals surface area contributed by atoms with Gasteiger partial charge in [-0.2, -0.15) is 0 Å². The summed E-state index contributed by atoms with van der Waals surface area (Å²) in [5, 5.41) is 17.8. The Morgan fingerprint density at radius 3 is 2.35 bits per heavy atom. The van der Waals surface area contributed by atoms with E-state index in [1.165, 1.54) is 12.4 Å². The van der Waals surface area contributed by atoms with Crippen molar-refractivity contribution in [2.45, 2.75) is 6.92 Å². The molecule has 2 rings (SSSR count). The lowest BCUT2D eigenvalue weighted by molar-refractivity contribution is 0.423. The summed E-state index contributed by atoms with van der Waals surface area (Å²) in [7, 11) is -1.57. The average molecular weight is 230 g/mol. The molecular formula is C11H11BN2O3. The summed E-state index contributed by atoms with van der Waals surface area (Å²) in [6, 6.07) is 7.67. The van der Waals surface area contributed by atoms with E-state index in [1.807, 2.05) is 31.2 Å². The molecule has 0 aliphatic carbocycles. The van der Waals surface area contributed by atoms with Crippen molar-refractivity contribution in [2.75, 3.05) is 0 Å². The number of para-hydroxylation sites is 1. The minimum Gasteiger partial charge on any atom is -0.424 e. The summed E-state index contributed by atoms with van der Waals surface area (Å²) in [5.74, 6) is 0.671. The Hall–Kier alpha value is -1.92. The van der Waals surface area contributed by atoms with Gasteiger partial charge in [0.05, 0.1) is 0 Å². The lowest BCUT2D eigenvalue weighted by Crippen LogP contribution is -2.30. The second kappa shape index (κ2) is 4.94. The maximum Gasteiger partial charge on any atom is 0.491 e. The molecule has 0 aliphatic rings. The fourth-order valence-electron chi connectivity index (χ4n) is 1.28. The van der Waals surface area contributed by atoms with Gasteiger partial charge in [0.15, 0.2) is 0 Å².